The maximum atomic E-state index is 11.1. The van der Waals surface area contributed by atoms with Crippen LogP contribution in [0.1, 0.15) is 18.9 Å². The highest BCUT2D eigenvalue weighted by atomic mass is 32.2. The molecule has 0 aliphatic carbocycles. The number of nitriles is 1. The average molecular weight is 280 g/mol. The van der Waals surface area contributed by atoms with Crippen LogP contribution in [0.15, 0.2) is 23.1 Å². The second-order valence-electron chi connectivity index (χ2n) is 3.76. The van der Waals surface area contributed by atoms with Gasteiger partial charge in [-0.25, -0.2) is 0 Å². The van der Waals surface area contributed by atoms with E-state index in [-0.39, 0.29) is 23.3 Å². The summed E-state index contributed by atoms with van der Waals surface area (Å²) in [5.74, 6) is -0.376. The monoisotopic (exact) mass is 280 g/mol. The van der Waals surface area contributed by atoms with Gasteiger partial charge in [-0.1, -0.05) is 6.92 Å². The molecule has 0 spiro atoms. The molecule has 6 nitrogen and oxygen atoms in total. The lowest BCUT2D eigenvalue weighted by Crippen LogP contribution is -2.08. The second-order valence-corrected chi connectivity index (χ2v) is 5.24. The Morgan fingerprint density at radius 2 is 2.32 bits per heavy atom. The Balaban J connectivity index is 2.95. The van der Waals surface area contributed by atoms with Gasteiger partial charge in [0.2, 0.25) is 0 Å². The summed E-state index contributed by atoms with van der Waals surface area (Å²) in [6.07, 6.45) is 0.148. The summed E-state index contributed by atoms with van der Waals surface area (Å²) < 4.78 is 4.54. The summed E-state index contributed by atoms with van der Waals surface area (Å²) in [4.78, 5) is 21.9. The lowest BCUT2D eigenvalue weighted by Gasteiger charge is -2.10. The van der Waals surface area contributed by atoms with Crippen LogP contribution in [-0.4, -0.2) is 23.3 Å². The van der Waals surface area contributed by atoms with Crippen LogP contribution >= 0.6 is 11.8 Å². The van der Waals surface area contributed by atoms with Crippen LogP contribution < -0.4 is 0 Å². The number of thioether (sulfide) groups is 1. The zero-order valence-corrected chi connectivity index (χ0v) is 11.3. The average Bonchev–Trinajstić information content (AvgIpc) is 2.37. The lowest BCUT2D eigenvalue weighted by molar-refractivity contribution is -0.387. The van der Waals surface area contributed by atoms with E-state index in [1.165, 1.54) is 37.1 Å². The van der Waals surface area contributed by atoms with Gasteiger partial charge < -0.3 is 4.74 Å². The van der Waals surface area contributed by atoms with Crippen LogP contribution in [0, 0.1) is 21.4 Å². The van der Waals surface area contributed by atoms with E-state index in [0.29, 0.717) is 10.5 Å². The number of benzene rings is 1. The predicted molar refractivity (Wildman–Crippen MR) is 69.8 cm³/mol. The van der Waals surface area contributed by atoms with E-state index in [1.54, 1.807) is 6.92 Å². The Kier molecular flexibility index (Phi) is 5.33. The van der Waals surface area contributed by atoms with E-state index in [0.717, 1.165) is 0 Å². The van der Waals surface area contributed by atoms with E-state index in [4.69, 9.17) is 5.26 Å². The van der Waals surface area contributed by atoms with Gasteiger partial charge >= 0.3 is 5.97 Å². The minimum atomic E-state index is -0.506. The summed E-state index contributed by atoms with van der Waals surface area (Å²) in [5.41, 5.74) is 0.277. The largest absolute Gasteiger partial charge is 0.469 e. The fraction of sp³-hybridized carbons (Fsp3) is 0.333. The van der Waals surface area contributed by atoms with Crippen molar-refractivity contribution in [3.63, 3.8) is 0 Å². The molecule has 0 saturated carbocycles. The third kappa shape index (κ3) is 4.26. The fourth-order valence-electron chi connectivity index (χ4n) is 1.41. The van der Waals surface area contributed by atoms with Crippen molar-refractivity contribution in [1.29, 1.82) is 5.26 Å². The molecule has 1 aromatic rings. The lowest BCUT2D eigenvalue weighted by atomic mass is 10.2. The van der Waals surface area contributed by atoms with Gasteiger partial charge in [0.25, 0.3) is 5.69 Å². The number of hydrogen-bond acceptors (Lipinski definition) is 6. The summed E-state index contributed by atoms with van der Waals surface area (Å²) >= 11 is 1.18. The number of methoxy groups -OCH3 is 1. The first kappa shape index (κ1) is 15.0. The Hall–Kier alpha value is -2.07. The molecule has 0 N–H and O–H groups in total. The second kappa shape index (κ2) is 6.75. The topological polar surface area (TPSA) is 93.2 Å². The molecule has 0 aromatic heterocycles. The molecule has 7 heteroatoms. The molecule has 0 amide bonds. The number of nitrogens with zero attached hydrogens (tertiary/aromatic N) is 2. The van der Waals surface area contributed by atoms with Crippen molar-refractivity contribution in [1.82, 2.24) is 0 Å². The van der Waals surface area contributed by atoms with Crippen molar-refractivity contribution in [3.05, 3.63) is 33.9 Å². The number of rotatable bonds is 5. The number of hydrogen-bond donors (Lipinski definition) is 0. The van der Waals surface area contributed by atoms with E-state index in [9.17, 15) is 14.9 Å². The van der Waals surface area contributed by atoms with E-state index in [1.807, 2.05) is 6.07 Å². The highest BCUT2D eigenvalue weighted by Gasteiger charge is 2.19. The smallest absolute Gasteiger partial charge is 0.306 e. The minimum absolute atomic E-state index is 0.0688. The summed E-state index contributed by atoms with van der Waals surface area (Å²) in [7, 11) is 1.29. The number of nitro groups is 1. The summed E-state index contributed by atoms with van der Waals surface area (Å²) in [6, 6.07) is 6.08. The van der Waals surface area contributed by atoms with Gasteiger partial charge in [0.05, 0.1) is 35.0 Å². The van der Waals surface area contributed by atoms with Gasteiger partial charge in [0.15, 0.2) is 0 Å². The molecule has 0 radical (unpaired) electrons. The normalized spacial score (nSPS) is 11.4. The molecule has 1 rings (SSSR count). The first-order valence-corrected chi connectivity index (χ1v) is 6.28. The SMILES string of the molecule is COC(=O)CC(C)Sc1cc(C#N)ccc1[N+](=O)[O-]. The fourth-order valence-corrected chi connectivity index (χ4v) is 2.52. The number of carbonyl (C=O) groups is 1. The number of ether oxygens (including phenoxy) is 1. The first-order chi connectivity index (χ1) is 8.97. The van der Waals surface area contributed by atoms with E-state index < -0.39 is 4.92 Å². The molecule has 0 aliphatic rings. The van der Waals surface area contributed by atoms with Gasteiger partial charge in [-0.2, -0.15) is 5.26 Å². The molecule has 0 saturated heterocycles. The molecule has 0 bridgehead atoms. The molecular formula is C12H12N2O4S. The van der Waals surface area contributed by atoms with Crippen LogP contribution in [0.3, 0.4) is 0 Å². The van der Waals surface area contributed by atoms with Gasteiger partial charge in [0.1, 0.15) is 0 Å². The van der Waals surface area contributed by atoms with Crippen LogP contribution in [0.2, 0.25) is 0 Å². The van der Waals surface area contributed by atoms with Crippen LogP contribution in [-0.2, 0) is 9.53 Å². The highest BCUT2D eigenvalue weighted by Crippen LogP contribution is 2.33. The summed E-state index contributed by atoms with van der Waals surface area (Å²) in [6.45, 7) is 1.77. The third-order valence-corrected chi connectivity index (χ3v) is 3.45. The van der Waals surface area contributed by atoms with E-state index in [2.05, 4.69) is 4.74 Å². The third-order valence-electron chi connectivity index (χ3n) is 2.30. The maximum absolute atomic E-state index is 11.1. The van der Waals surface area contributed by atoms with Gasteiger partial charge in [0, 0.05) is 11.3 Å². The molecule has 0 fully saturated rings. The van der Waals surface area contributed by atoms with Gasteiger partial charge in [-0.15, -0.1) is 11.8 Å². The van der Waals surface area contributed by atoms with Crippen molar-refractivity contribution < 1.29 is 14.5 Å². The molecule has 0 aliphatic heterocycles. The Morgan fingerprint density at radius 1 is 1.63 bits per heavy atom. The number of carbonyl (C=O) groups excluding carboxylic acids is 1. The van der Waals surface area contributed by atoms with Gasteiger partial charge in [-0.05, 0) is 12.1 Å². The quantitative estimate of drug-likeness (QED) is 0.356. The Labute approximate surface area is 114 Å². The Morgan fingerprint density at radius 3 is 2.84 bits per heavy atom. The van der Waals surface area contributed by atoms with E-state index >= 15 is 0 Å². The highest BCUT2D eigenvalue weighted by molar-refractivity contribution is 8.00. The maximum Gasteiger partial charge on any atom is 0.306 e. The van der Waals surface area contributed by atoms with Gasteiger partial charge in [-0.3, -0.25) is 14.9 Å². The molecule has 1 unspecified atom stereocenters. The zero-order valence-electron chi connectivity index (χ0n) is 10.5. The first-order valence-electron chi connectivity index (χ1n) is 5.40. The summed E-state index contributed by atoms with van der Waals surface area (Å²) in [5, 5.41) is 19.5. The molecule has 1 atom stereocenters. The molecule has 100 valence electrons. The Bertz CT molecular complexity index is 539. The van der Waals surface area contributed by atoms with Crippen molar-refractivity contribution in [2.45, 2.75) is 23.5 Å². The van der Waals surface area contributed by atoms with Crippen LogP contribution in [0.4, 0.5) is 5.69 Å². The van der Waals surface area contributed by atoms with Crippen LogP contribution in [0.5, 0.6) is 0 Å². The van der Waals surface area contributed by atoms with Crippen molar-refractivity contribution in [2.24, 2.45) is 0 Å². The van der Waals surface area contributed by atoms with Crippen molar-refractivity contribution >= 4 is 23.4 Å². The van der Waals surface area contributed by atoms with Crippen LogP contribution in [0.25, 0.3) is 0 Å². The predicted octanol–water partition coefficient (Wildman–Crippen LogP) is 2.51. The number of esters is 1. The van der Waals surface area contributed by atoms with Crippen molar-refractivity contribution in [2.75, 3.05) is 7.11 Å². The molecular weight excluding hydrogens is 268 g/mol. The molecule has 0 heterocycles. The van der Waals surface area contributed by atoms with Crippen molar-refractivity contribution in [3.8, 4) is 6.07 Å². The minimum Gasteiger partial charge on any atom is -0.469 e. The molecule has 1 aromatic carbocycles. The standard InChI is InChI=1S/C12H12N2O4S/c1-8(5-12(15)18-2)19-11-6-9(7-13)3-4-10(11)14(16)17/h3-4,6,8H,5H2,1-2H3. The number of nitro benzene ring substituents is 1. The molecule has 19 heavy (non-hydrogen) atoms. The zero-order chi connectivity index (χ0) is 14.4.